The quantitative estimate of drug-likeness (QED) is 0.561. The molecule has 1 heterocycles. The second kappa shape index (κ2) is 8.02. The van der Waals surface area contributed by atoms with Gasteiger partial charge in [0.05, 0.1) is 6.54 Å². The molecule has 5 heteroatoms. The molecular weight excluding hydrogens is 306 g/mol. The van der Waals surface area contributed by atoms with Crippen molar-refractivity contribution in [2.75, 3.05) is 13.1 Å². The lowest BCUT2D eigenvalue weighted by Crippen LogP contribution is -2.43. The number of benzene rings is 1. The van der Waals surface area contributed by atoms with Gasteiger partial charge in [-0.15, -0.1) is 11.3 Å². The summed E-state index contributed by atoms with van der Waals surface area (Å²) in [5.74, 6) is 1.06. The molecule has 0 unspecified atom stereocenters. The number of guanidine groups is 1. The van der Waals surface area contributed by atoms with Crippen LogP contribution in [0.3, 0.4) is 0 Å². The summed E-state index contributed by atoms with van der Waals surface area (Å²) in [5, 5.41) is 18.3. The summed E-state index contributed by atoms with van der Waals surface area (Å²) in [6.45, 7) is 8.65. The van der Waals surface area contributed by atoms with Crippen LogP contribution in [0.4, 0.5) is 0 Å². The summed E-state index contributed by atoms with van der Waals surface area (Å²) in [6.07, 6.45) is 0. The first-order chi connectivity index (χ1) is 11.0. The van der Waals surface area contributed by atoms with Crippen LogP contribution in [0.2, 0.25) is 0 Å². The van der Waals surface area contributed by atoms with E-state index in [4.69, 9.17) is 0 Å². The van der Waals surface area contributed by atoms with Gasteiger partial charge in [0.25, 0.3) is 0 Å². The molecular formula is C18H25N3OS. The van der Waals surface area contributed by atoms with Gasteiger partial charge in [0.1, 0.15) is 5.75 Å². The van der Waals surface area contributed by atoms with Crippen LogP contribution in [0.1, 0.15) is 31.2 Å². The van der Waals surface area contributed by atoms with E-state index >= 15 is 0 Å². The minimum atomic E-state index is 0.0510. The zero-order chi connectivity index (χ0) is 16.7. The van der Waals surface area contributed by atoms with Crippen molar-refractivity contribution in [2.45, 2.75) is 32.7 Å². The normalized spacial score (nSPS) is 12.2. The van der Waals surface area contributed by atoms with E-state index in [0.717, 1.165) is 24.6 Å². The first-order valence-corrected chi connectivity index (χ1v) is 8.73. The SMILES string of the molecule is CCNC(=NCc1cccc(O)c1)NCC(C)(C)c1cccs1. The van der Waals surface area contributed by atoms with Gasteiger partial charge in [-0.2, -0.15) is 0 Å². The van der Waals surface area contributed by atoms with E-state index < -0.39 is 0 Å². The van der Waals surface area contributed by atoms with E-state index in [1.807, 2.05) is 12.1 Å². The number of aliphatic imine (C=N–C) groups is 1. The molecule has 0 bridgehead atoms. The monoisotopic (exact) mass is 331 g/mol. The maximum absolute atomic E-state index is 9.52. The predicted molar refractivity (Wildman–Crippen MR) is 98.3 cm³/mol. The molecule has 0 fully saturated rings. The van der Waals surface area contributed by atoms with Crippen molar-refractivity contribution in [1.82, 2.24) is 10.6 Å². The lowest BCUT2D eigenvalue weighted by molar-refractivity contribution is 0.474. The average molecular weight is 331 g/mol. The number of hydrogen-bond acceptors (Lipinski definition) is 3. The molecule has 2 rings (SSSR count). The van der Waals surface area contributed by atoms with Crippen LogP contribution in [0.15, 0.2) is 46.8 Å². The van der Waals surface area contributed by atoms with E-state index in [9.17, 15) is 5.11 Å². The molecule has 3 N–H and O–H groups in total. The summed E-state index contributed by atoms with van der Waals surface area (Å²) in [7, 11) is 0. The van der Waals surface area contributed by atoms with E-state index in [1.54, 1.807) is 23.5 Å². The summed E-state index contributed by atoms with van der Waals surface area (Å²) in [4.78, 5) is 5.95. The van der Waals surface area contributed by atoms with Gasteiger partial charge in [0, 0.05) is 23.4 Å². The number of aromatic hydroxyl groups is 1. The Bertz CT molecular complexity index is 635. The van der Waals surface area contributed by atoms with Crippen LogP contribution < -0.4 is 10.6 Å². The minimum absolute atomic E-state index is 0.0510. The molecule has 0 saturated heterocycles. The largest absolute Gasteiger partial charge is 0.508 e. The van der Waals surface area contributed by atoms with Gasteiger partial charge in [0.2, 0.25) is 0 Å². The Hall–Kier alpha value is -2.01. The van der Waals surface area contributed by atoms with Crippen LogP contribution in [-0.2, 0) is 12.0 Å². The van der Waals surface area contributed by atoms with E-state index in [1.165, 1.54) is 4.88 Å². The van der Waals surface area contributed by atoms with Crippen LogP contribution >= 0.6 is 11.3 Å². The number of nitrogens with zero attached hydrogens (tertiary/aromatic N) is 1. The van der Waals surface area contributed by atoms with Crippen molar-refractivity contribution in [2.24, 2.45) is 4.99 Å². The minimum Gasteiger partial charge on any atom is -0.508 e. The highest BCUT2D eigenvalue weighted by atomic mass is 32.1. The van der Waals surface area contributed by atoms with Crippen molar-refractivity contribution >= 4 is 17.3 Å². The van der Waals surface area contributed by atoms with Crippen LogP contribution in [0.25, 0.3) is 0 Å². The molecule has 0 aliphatic carbocycles. The topological polar surface area (TPSA) is 56.7 Å². The highest BCUT2D eigenvalue weighted by molar-refractivity contribution is 7.10. The fourth-order valence-corrected chi connectivity index (χ4v) is 3.07. The lowest BCUT2D eigenvalue weighted by atomic mass is 9.91. The molecule has 1 aromatic heterocycles. The van der Waals surface area contributed by atoms with Gasteiger partial charge in [-0.25, -0.2) is 4.99 Å². The number of hydrogen-bond donors (Lipinski definition) is 3. The van der Waals surface area contributed by atoms with Gasteiger partial charge in [-0.05, 0) is 36.1 Å². The molecule has 0 saturated carbocycles. The number of phenols is 1. The van der Waals surface area contributed by atoms with Crippen molar-refractivity contribution in [1.29, 1.82) is 0 Å². The van der Waals surface area contributed by atoms with Crippen LogP contribution in [0, 0.1) is 0 Å². The van der Waals surface area contributed by atoms with Gasteiger partial charge in [-0.3, -0.25) is 0 Å². The van der Waals surface area contributed by atoms with Crippen LogP contribution in [0.5, 0.6) is 5.75 Å². The van der Waals surface area contributed by atoms with E-state index in [0.29, 0.717) is 6.54 Å². The van der Waals surface area contributed by atoms with Gasteiger partial charge in [0.15, 0.2) is 5.96 Å². The maximum Gasteiger partial charge on any atom is 0.191 e. The molecule has 0 amide bonds. The van der Waals surface area contributed by atoms with E-state index in [2.05, 4.69) is 53.9 Å². The second-order valence-corrected chi connectivity index (χ2v) is 7.03. The fraction of sp³-hybridized carbons (Fsp3) is 0.389. The molecule has 0 radical (unpaired) electrons. The maximum atomic E-state index is 9.52. The molecule has 23 heavy (non-hydrogen) atoms. The summed E-state index contributed by atoms with van der Waals surface area (Å²) in [5.41, 5.74) is 1.04. The third-order valence-electron chi connectivity index (χ3n) is 3.56. The van der Waals surface area contributed by atoms with Crippen molar-refractivity contribution in [3.8, 4) is 5.75 Å². The summed E-state index contributed by atoms with van der Waals surface area (Å²) >= 11 is 1.78. The van der Waals surface area contributed by atoms with Crippen molar-refractivity contribution < 1.29 is 5.11 Å². The van der Waals surface area contributed by atoms with E-state index in [-0.39, 0.29) is 11.2 Å². The number of rotatable bonds is 6. The fourth-order valence-electron chi connectivity index (χ4n) is 2.22. The smallest absolute Gasteiger partial charge is 0.191 e. The van der Waals surface area contributed by atoms with Crippen LogP contribution in [-0.4, -0.2) is 24.2 Å². The molecule has 1 aromatic carbocycles. The third-order valence-corrected chi connectivity index (χ3v) is 4.80. The predicted octanol–water partition coefficient (Wildman–Crippen LogP) is 3.49. The summed E-state index contributed by atoms with van der Waals surface area (Å²) in [6, 6.07) is 11.5. The zero-order valence-corrected chi connectivity index (χ0v) is 14.8. The first kappa shape index (κ1) is 17.3. The Morgan fingerprint density at radius 3 is 2.70 bits per heavy atom. The van der Waals surface area contributed by atoms with Gasteiger partial charge in [-0.1, -0.05) is 32.0 Å². The Morgan fingerprint density at radius 1 is 1.22 bits per heavy atom. The highest BCUT2D eigenvalue weighted by Gasteiger charge is 2.21. The molecule has 0 atom stereocenters. The third kappa shape index (κ3) is 5.28. The van der Waals surface area contributed by atoms with Crippen molar-refractivity contribution in [3.63, 3.8) is 0 Å². The zero-order valence-electron chi connectivity index (χ0n) is 14.0. The molecule has 0 aliphatic heterocycles. The number of phenolic OH excluding ortho intramolecular Hbond substituents is 1. The Morgan fingerprint density at radius 2 is 2.04 bits per heavy atom. The number of thiophene rings is 1. The number of nitrogens with one attached hydrogen (secondary N) is 2. The Balaban J connectivity index is 1.99. The Kier molecular flexibility index (Phi) is 6.04. The molecule has 0 spiro atoms. The first-order valence-electron chi connectivity index (χ1n) is 7.85. The lowest BCUT2D eigenvalue weighted by Gasteiger charge is -2.25. The molecule has 0 aliphatic rings. The standard InChI is InChI=1S/C18H25N3OS/c1-4-19-17(20-12-14-7-5-8-15(22)11-14)21-13-18(2,3)16-9-6-10-23-16/h5-11,22H,4,12-13H2,1-3H3,(H2,19,20,21). The average Bonchev–Trinajstić information content (AvgIpc) is 3.05. The molecule has 4 nitrogen and oxygen atoms in total. The molecule has 124 valence electrons. The molecule has 2 aromatic rings. The summed E-state index contributed by atoms with van der Waals surface area (Å²) < 4.78 is 0. The Labute approximate surface area is 142 Å². The van der Waals surface area contributed by atoms with Gasteiger partial charge < -0.3 is 15.7 Å². The second-order valence-electron chi connectivity index (χ2n) is 6.08. The van der Waals surface area contributed by atoms with Gasteiger partial charge >= 0.3 is 0 Å². The highest BCUT2D eigenvalue weighted by Crippen LogP contribution is 2.26. The van der Waals surface area contributed by atoms with Crippen molar-refractivity contribution in [3.05, 3.63) is 52.2 Å².